The highest BCUT2D eigenvalue weighted by molar-refractivity contribution is 5.78. The van der Waals surface area contributed by atoms with Crippen molar-refractivity contribution in [3.63, 3.8) is 0 Å². The molecule has 0 aliphatic rings. The molecule has 0 aromatic rings. The van der Waals surface area contributed by atoms with Gasteiger partial charge in [-0.15, -0.1) is 0 Å². The van der Waals surface area contributed by atoms with E-state index in [4.69, 9.17) is 5.11 Å². The van der Waals surface area contributed by atoms with Crippen LogP contribution in [0.25, 0.3) is 0 Å². The minimum atomic E-state index is -0.912. The van der Waals surface area contributed by atoms with E-state index in [0.717, 1.165) is 0 Å². The zero-order valence-electron chi connectivity index (χ0n) is 7.87. The van der Waals surface area contributed by atoms with Gasteiger partial charge in [0.05, 0.1) is 6.42 Å². The molecule has 5 heteroatoms. The first-order valence-corrected chi connectivity index (χ1v) is 4.10. The molecule has 0 bridgehead atoms. The van der Waals surface area contributed by atoms with Gasteiger partial charge in [-0.3, -0.25) is 9.59 Å². The zero-order chi connectivity index (χ0) is 10.3. The molecule has 0 heterocycles. The number of amides is 1. The van der Waals surface area contributed by atoms with Crippen LogP contribution < -0.4 is 5.32 Å². The van der Waals surface area contributed by atoms with Gasteiger partial charge in [0.2, 0.25) is 5.91 Å². The van der Waals surface area contributed by atoms with Gasteiger partial charge in [0.1, 0.15) is 6.61 Å². The fraction of sp³-hybridized carbons (Fsp3) is 0.750. The van der Waals surface area contributed by atoms with Gasteiger partial charge in [0.25, 0.3) is 0 Å². The van der Waals surface area contributed by atoms with Crippen molar-refractivity contribution >= 4 is 11.9 Å². The molecule has 1 atom stereocenters. The lowest BCUT2D eigenvalue weighted by Gasteiger charge is -2.13. The summed E-state index contributed by atoms with van der Waals surface area (Å²) in [5.41, 5.74) is 0. The molecule has 0 radical (unpaired) electrons. The Balaban J connectivity index is 3.83. The lowest BCUT2D eigenvalue weighted by molar-refractivity contribution is -0.137. The molecule has 13 heavy (non-hydrogen) atoms. The van der Waals surface area contributed by atoms with Gasteiger partial charge in [0, 0.05) is 13.2 Å². The molecule has 0 aliphatic carbocycles. The van der Waals surface area contributed by atoms with E-state index in [2.05, 4.69) is 10.1 Å². The maximum Gasteiger partial charge on any atom is 0.305 e. The summed E-state index contributed by atoms with van der Waals surface area (Å²) in [6.07, 6.45) is 0.549. The van der Waals surface area contributed by atoms with Crippen LogP contribution in [0.15, 0.2) is 0 Å². The van der Waals surface area contributed by atoms with Crippen LogP contribution in [-0.2, 0) is 14.3 Å². The Morgan fingerprint density at radius 1 is 1.54 bits per heavy atom. The number of carboxylic acids is 1. The van der Waals surface area contributed by atoms with Crippen molar-refractivity contribution in [2.45, 2.75) is 25.8 Å². The van der Waals surface area contributed by atoms with Crippen molar-refractivity contribution < 1.29 is 19.4 Å². The number of aliphatic carboxylic acids is 1. The second-order valence-electron chi connectivity index (χ2n) is 2.70. The van der Waals surface area contributed by atoms with Gasteiger partial charge in [-0.1, -0.05) is 6.92 Å². The minimum absolute atomic E-state index is 0.0316. The van der Waals surface area contributed by atoms with Gasteiger partial charge in [-0.05, 0) is 6.42 Å². The monoisotopic (exact) mass is 189 g/mol. The zero-order valence-corrected chi connectivity index (χ0v) is 7.87. The molecule has 0 aromatic heterocycles. The number of ether oxygens (including phenoxy) is 1. The number of hydrogen-bond donors (Lipinski definition) is 2. The molecule has 5 nitrogen and oxygen atoms in total. The Morgan fingerprint density at radius 2 is 2.15 bits per heavy atom. The molecule has 1 amide bonds. The van der Waals surface area contributed by atoms with Crippen LogP contribution in [0, 0.1) is 0 Å². The number of carboxylic acid groups (broad SMARTS) is 1. The smallest absolute Gasteiger partial charge is 0.305 e. The number of rotatable bonds is 6. The van der Waals surface area contributed by atoms with Crippen LogP contribution in [0.3, 0.4) is 0 Å². The summed E-state index contributed by atoms with van der Waals surface area (Å²) in [6, 6.07) is -0.305. The lowest BCUT2D eigenvalue weighted by atomic mass is 10.1. The Hall–Kier alpha value is -1.10. The van der Waals surface area contributed by atoms with E-state index in [1.807, 2.05) is 6.92 Å². The van der Waals surface area contributed by atoms with Crippen LogP contribution in [0.4, 0.5) is 0 Å². The standard InChI is InChI=1S/C8H15NO4/c1-3-6(4-8(11)12)9-7(10)5-13-2/h6H,3-5H2,1-2H3,(H,9,10)(H,11,12). The van der Waals surface area contributed by atoms with E-state index in [1.165, 1.54) is 7.11 Å². The SMILES string of the molecule is CCC(CC(=O)O)NC(=O)COC. The van der Waals surface area contributed by atoms with Crippen molar-refractivity contribution in [2.75, 3.05) is 13.7 Å². The van der Waals surface area contributed by atoms with E-state index in [1.54, 1.807) is 0 Å². The maximum absolute atomic E-state index is 11.0. The van der Waals surface area contributed by atoms with Crippen LogP contribution in [0.1, 0.15) is 19.8 Å². The van der Waals surface area contributed by atoms with Gasteiger partial charge >= 0.3 is 5.97 Å². The Bertz CT molecular complexity index is 181. The molecule has 0 saturated carbocycles. The highest BCUT2D eigenvalue weighted by Crippen LogP contribution is 1.96. The number of carbonyl (C=O) groups excluding carboxylic acids is 1. The van der Waals surface area contributed by atoms with E-state index < -0.39 is 5.97 Å². The quantitative estimate of drug-likeness (QED) is 0.616. The van der Waals surface area contributed by atoms with Gasteiger partial charge in [-0.25, -0.2) is 0 Å². The first-order chi connectivity index (χ1) is 6.10. The molecule has 1 unspecified atom stereocenters. The van der Waals surface area contributed by atoms with Crippen molar-refractivity contribution in [2.24, 2.45) is 0 Å². The summed E-state index contributed by atoms with van der Waals surface area (Å²) in [5, 5.41) is 11.0. The van der Waals surface area contributed by atoms with E-state index >= 15 is 0 Å². The lowest BCUT2D eigenvalue weighted by Crippen LogP contribution is -2.37. The molecular weight excluding hydrogens is 174 g/mol. The third-order valence-corrected chi connectivity index (χ3v) is 1.55. The maximum atomic E-state index is 11.0. The van der Waals surface area contributed by atoms with Crippen LogP contribution in [0.2, 0.25) is 0 Å². The van der Waals surface area contributed by atoms with E-state index in [-0.39, 0.29) is 25.0 Å². The van der Waals surface area contributed by atoms with E-state index in [9.17, 15) is 9.59 Å². The third-order valence-electron chi connectivity index (χ3n) is 1.55. The second kappa shape index (κ2) is 6.42. The number of carbonyl (C=O) groups is 2. The normalized spacial score (nSPS) is 12.2. The highest BCUT2D eigenvalue weighted by Gasteiger charge is 2.13. The molecule has 2 N–H and O–H groups in total. The molecular formula is C8H15NO4. The molecule has 0 saturated heterocycles. The van der Waals surface area contributed by atoms with Crippen LogP contribution in [0.5, 0.6) is 0 Å². The van der Waals surface area contributed by atoms with Crippen LogP contribution >= 0.6 is 0 Å². The molecule has 0 fully saturated rings. The third kappa shape index (κ3) is 6.10. The summed E-state index contributed by atoms with van der Waals surface area (Å²) < 4.78 is 4.59. The van der Waals surface area contributed by atoms with Gasteiger partial charge in [-0.2, -0.15) is 0 Å². The first kappa shape index (κ1) is 11.9. The summed E-state index contributed by atoms with van der Waals surface area (Å²) in [6.45, 7) is 1.79. The first-order valence-electron chi connectivity index (χ1n) is 4.10. The Kier molecular flexibility index (Phi) is 5.88. The molecule has 0 aliphatic heterocycles. The topological polar surface area (TPSA) is 75.6 Å². The highest BCUT2D eigenvalue weighted by atomic mass is 16.5. The summed E-state index contributed by atoms with van der Waals surface area (Å²) >= 11 is 0. The molecule has 0 rings (SSSR count). The average molecular weight is 189 g/mol. The largest absolute Gasteiger partial charge is 0.481 e. The van der Waals surface area contributed by atoms with Crippen molar-refractivity contribution in [1.29, 1.82) is 0 Å². The van der Waals surface area contributed by atoms with Gasteiger partial charge < -0.3 is 15.2 Å². The predicted octanol–water partition coefficient (Wildman–Crippen LogP) is 0.00230. The number of methoxy groups -OCH3 is 1. The predicted molar refractivity (Wildman–Crippen MR) is 46.4 cm³/mol. The van der Waals surface area contributed by atoms with Crippen LogP contribution in [-0.4, -0.2) is 36.7 Å². The summed E-state index contributed by atoms with van der Waals surface area (Å²) in [5.74, 6) is -1.19. The Morgan fingerprint density at radius 3 is 2.54 bits per heavy atom. The Labute approximate surface area is 77.1 Å². The summed E-state index contributed by atoms with van der Waals surface area (Å²) in [7, 11) is 1.41. The second-order valence-corrected chi connectivity index (χ2v) is 2.70. The number of nitrogens with one attached hydrogen (secondary N) is 1. The average Bonchev–Trinajstić information content (AvgIpc) is 2.02. The van der Waals surface area contributed by atoms with E-state index in [0.29, 0.717) is 6.42 Å². The number of hydrogen-bond acceptors (Lipinski definition) is 3. The molecule has 0 aromatic carbocycles. The molecule has 76 valence electrons. The fourth-order valence-corrected chi connectivity index (χ4v) is 0.909. The van der Waals surface area contributed by atoms with Crippen molar-refractivity contribution in [1.82, 2.24) is 5.32 Å². The fourth-order valence-electron chi connectivity index (χ4n) is 0.909. The van der Waals surface area contributed by atoms with Crippen molar-refractivity contribution in [3.8, 4) is 0 Å². The van der Waals surface area contributed by atoms with Crippen molar-refractivity contribution in [3.05, 3.63) is 0 Å². The summed E-state index contributed by atoms with van der Waals surface area (Å²) in [4.78, 5) is 21.3. The molecule has 0 spiro atoms. The minimum Gasteiger partial charge on any atom is -0.481 e. The van der Waals surface area contributed by atoms with Gasteiger partial charge in [0.15, 0.2) is 0 Å².